The topological polar surface area (TPSA) is 60.4 Å². The maximum Gasteiger partial charge on any atom is 0.0884 e. The van der Waals surface area contributed by atoms with Crippen LogP contribution < -0.4 is 5.11 Å². The van der Waals surface area contributed by atoms with Gasteiger partial charge in [0, 0.05) is 19.0 Å². The Kier molecular flexibility index (Phi) is 24.3. The number of unbranched alkanes of at least 4 members (excludes halogenated alkanes) is 12. The molecule has 1 N–H and O–H groups in total. The van der Waals surface area contributed by atoms with Crippen molar-refractivity contribution >= 4 is 5.97 Å². The van der Waals surface area contributed by atoms with Gasteiger partial charge >= 0.3 is 0 Å². The molecule has 0 heterocycles. The molecule has 0 rings (SSSR count). The highest BCUT2D eigenvalue weighted by atomic mass is 16.4. The van der Waals surface area contributed by atoms with E-state index in [9.17, 15) is 9.90 Å². The van der Waals surface area contributed by atoms with Crippen molar-refractivity contribution in [3.63, 3.8) is 0 Å². The van der Waals surface area contributed by atoms with Crippen LogP contribution in [0, 0.1) is 0 Å². The predicted molar refractivity (Wildman–Crippen MR) is 128 cm³/mol. The molecule has 0 aliphatic rings. The van der Waals surface area contributed by atoms with E-state index >= 15 is 0 Å². The lowest BCUT2D eigenvalue weighted by Crippen LogP contribution is -2.45. The normalized spacial score (nSPS) is 12.3. The standard InChI is InChI=1S/C16H36NO.C10H20O2/c1-5-6-7-8-9-10-11-13-16(14-12-15-18)17(2,3)4;1-2-3-4-5-6-7-8-9-10(11)12/h16,18H,5-15H2,1-4H3;2-9H2,1H3,(H,11,12)/q+1;/p-1. The van der Waals surface area contributed by atoms with Crippen LogP contribution in [-0.2, 0) is 4.79 Å². The molecule has 0 saturated heterocycles. The van der Waals surface area contributed by atoms with Crippen molar-refractivity contribution < 1.29 is 19.5 Å². The molecule has 0 aromatic carbocycles. The molecule has 0 aliphatic heterocycles. The molecule has 4 nitrogen and oxygen atoms in total. The Hall–Kier alpha value is -0.610. The Morgan fingerprint density at radius 1 is 0.700 bits per heavy atom. The fraction of sp³-hybridized carbons (Fsp3) is 0.962. The molecule has 0 spiro atoms. The minimum Gasteiger partial charge on any atom is -0.550 e. The fourth-order valence-corrected chi connectivity index (χ4v) is 3.81. The minimum absolute atomic E-state index is 0.230. The van der Waals surface area contributed by atoms with Gasteiger partial charge in [-0.15, -0.1) is 0 Å². The van der Waals surface area contributed by atoms with E-state index in [0.717, 1.165) is 30.2 Å². The van der Waals surface area contributed by atoms with Gasteiger partial charge in [0.2, 0.25) is 0 Å². The molecule has 0 aromatic heterocycles. The van der Waals surface area contributed by atoms with Gasteiger partial charge in [0.05, 0.1) is 27.2 Å². The van der Waals surface area contributed by atoms with Gasteiger partial charge in [0.1, 0.15) is 0 Å². The number of aliphatic hydroxyl groups excluding tert-OH is 1. The van der Waals surface area contributed by atoms with Crippen LogP contribution in [0.25, 0.3) is 0 Å². The second-order valence-electron chi connectivity index (χ2n) is 9.79. The predicted octanol–water partition coefficient (Wildman–Crippen LogP) is 5.85. The monoisotopic (exact) mass is 429 g/mol. The van der Waals surface area contributed by atoms with Gasteiger partial charge in [-0.25, -0.2) is 0 Å². The van der Waals surface area contributed by atoms with Crippen molar-refractivity contribution in [2.45, 2.75) is 135 Å². The third kappa shape index (κ3) is 25.4. The molecule has 182 valence electrons. The number of carbonyl (C=O) groups excluding carboxylic acids is 1. The molecule has 0 bridgehead atoms. The first-order valence-electron chi connectivity index (χ1n) is 12.9. The summed E-state index contributed by atoms with van der Waals surface area (Å²) in [5, 5.41) is 19.0. The molecule has 0 saturated carbocycles. The summed E-state index contributed by atoms with van der Waals surface area (Å²) >= 11 is 0. The van der Waals surface area contributed by atoms with Crippen LogP contribution in [0.3, 0.4) is 0 Å². The van der Waals surface area contributed by atoms with Gasteiger partial charge in [-0.2, -0.15) is 0 Å². The lowest BCUT2D eigenvalue weighted by Gasteiger charge is -2.34. The van der Waals surface area contributed by atoms with Crippen molar-refractivity contribution in [3.8, 4) is 0 Å². The maximum atomic E-state index is 10.0. The molecule has 0 aromatic rings. The summed E-state index contributed by atoms with van der Waals surface area (Å²) in [6.07, 6.45) is 21.5. The van der Waals surface area contributed by atoms with Crippen LogP contribution >= 0.6 is 0 Å². The van der Waals surface area contributed by atoms with Gasteiger partial charge in [-0.3, -0.25) is 0 Å². The van der Waals surface area contributed by atoms with E-state index < -0.39 is 5.97 Å². The third-order valence-electron chi connectivity index (χ3n) is 5.92. The van der Waals surface area contributed by atoms with Crippen LogP contribution in [0.1, 0.15) is 129 Å². The van der Waals surface area contributed by atoms with Crippen LogP contribution in [-0.4, -0.2) is 49.4 Å². The highest BCUT2D eigenvalue weighted by molar-refractivity contribution is 5.63. The lowest BCUT2D eigenvalue weighted by molar-refractivity contribution is -0.896. The number of rotatable bonds is 20. The number of carboxylic acids is 1. The quantitative estimate of drug-likeness (QED) is 0.195. The van der Waals surface area contributed by atoms with E-state index in [1.54, 1.807) is 0 Å². The molecule has 1 unspecified atom stereocenters. The molecule has 0 radical (unpaired) electrons. The minimum atomic E-state index is -0.913. The number of carboxylic acid groups (broad SMARTS) is 1. The largest absolute Gasteiger partial charge is 0.550 e. The lowest BCUT2D eigenvalue weighted by atomic mass is 10.00. The summed E-state index contributed by atoms with van der Waals surface area (Å²) in [6, 6.07) is 0.716. The first kappa shape index (κ1) is 31.6. The molecule has 4 heteroatoms. The van der Waals surface area contributed by atoms with E-state index in [2.05, 4.69) is 35.0 Å². The molecule has 0 aliphatic carbocycles. The number of hydrogen-bond acceptors (Lipinski definition) is 3. The average molecular weight is 430 g/mol. The number of aliphatic carboxylic acids is 1. The summed E-state index contributed by atoms with van der Waals surface area (Å²) in [5.74, 6) is -0.913. The Morgan fingerprint density at radius 2 is 1.10 bits per heavy atom. The zero-order valence-corrected chi connectivity index (χ0v) is 21.2. The fourth-order valence-electron chi connectivity index (χ4n) is 3.81. The Labute approximate surface area is 189 Å². The second-order valence-corrected chi connectivity index (χ2v) is 9.79. The van der Waals surface area contributed by atoms with Crippen molar-refractivity contribution in [2.24, 2.45) is 0 Å². The summed E-state index contributed by atoms with van der Waals surface area (Å²) in [7, 11) is 6.84. The SMILES string of the molecule is CCCCCCCCCC(=O)[O-].CCCCCCCCCC(CCCO)[N+](C)(C)C. The zero-order valence-electron chi connectivity index (χ0n) is 21.2. The molecule has 30 heavy (non-hydrogen) atoms. The molecular formula is C26H55NO3. The second kappa shape index (κ2) is 23.1. The van der Waals surface area contributed by atoms with Gasteiger partial charge in [-0.05, 0) is 32.1 Å². The highest BCUT2D eigenvalue weighted by Crippen LogP contribution is 2.18. The summed E-state index contributed by atoms with van der Waals surface area (Å²) < 4.78 is 1.04. The maximum absolute atomic E-state index is 10.0. The van der Waals surface area contributed by atoms with Gasteiger partial charge in [0.15, 0.2) is 0 Å². The van der Waals surface area contributed by atoms with Gasteiger partial charge in [0.25, 0.3) is 0 Å². The van der Waals surface area contributed by atoms with Crippen LogP contribution in [0.4, 0.5) is 0 Å². The Balaban J connectivity index is 0. The summed E-state index contributed by atoms with van der Waals surface area (Å²) in [4.78, 5) is 10.0. The van der Waals surface area contributed by atoms with E-state index in [4.69, 9.17) is 5.11 Å². The number of aliphatic hydroxyl groups is 1. The van der Waals surface area contributed by atoms with Crippen molar-refractivity contribution in [3.05, 3.63) is 0 Å². The molecule has 0 amide bonds. The Bertz CT molecular complexity index is 353. The molecule has 1 atom stereocenters. The smallest absolute Gasteiger partial charge is 0.0884 e. The van der Waals surface area contributed by atoms with E-state index in [-0.39, 0.29) is 6.42 Å². The summed E-state index contributed by atoms with van der Waals surface area (Å²) in [6.45, 7) is 4.80. The van der Waals surface area contributed by atoms with Crippen LogP contribution in [0.15, 0.2) is 0 Å². The van der Waals surface area contributed by atoms with Gasteiger partial charge in [-0.1, -0.05) is 90.9 Å². The number of quaternary nitrogens is 1. The van der Waals surface area contributed by atoms with Crippen molar-refractivity contribution in [2.75, 3.05) is 27.7 Å². The van der Waals surface area contributed by atoms with Crippen molar-refractivity contribution in [1.29, 1.82) is 0 Å². The molecular weight excluding hydrogens is 374 g/mol. The third-order valence-corrected chi connectivity index (χ3v) is 5.92. The van der Waals surface area contributed by atoms with E-state index in [1.807, 2.05) is 0 Å². The van der Waals surface area contributed by atoms with Crippen molar-refractivity contribution in [1.82, 2.24) is 0 Å². The first-order chi connectivity index (χ1) is 14.3. The van der Waals surface area contributed by atoms with Gasteiger partial charge < -0.3 is 19.5 Å². The zero-order chi connectivity index (χ0) is 23.1. The number of carbonyl (C=O) groups is 1. The number of nitrogens with zero attached hydrogens (tertiary/aromatic N) is 1. The first-order valence-corrected chi connectivity index (χ1v) is 12.9. The average Bonchev–Trinajstić information content (AvgIpc) is 2.68. The van der Waals surface area contributed by atoms with E-state index in [1.165, 1.54) is 83.5 Å². The van der Waals surface area contributed by atoms with Crippen LogP contribution in [0.2, 0.25) is 0 Å². The summed E-state index contributed by atoms with van der Waals surface area (Å²) in [5.41, 5.74) is 0. The van der Waals surface area contributed by atoms with Crippen LogP contribution in [0.5, 0.6) is 0 Å². The number of hydrogen-bond donors (Lipinski definition) is 1. The Morgan fingerprint density at radius 3 is 1.50 bits per heavy atom. The molecule has 0 fully saturated rings. The van der Waals surface area contributed by atoms with E-state index in [0.29, 0.717) is 12.6 Å². The highest BCUT2D eigenvalue weighted by Gasteiger charge is 2.22.